The summed E-state index contributed by atoms with van der Waals surface area (Å²) in [5, 5.41) is 9.81. The van der Waals surface area contributed by atoms with Gasteiger partial charge in [-0.1, -0.05) is 0 Å². The lowest BCUT2D eigenvalue weighted by molar-refractivity contribution is 0.122. The van der Waals surface area contributed by atoms with Crippen LogP contribution in [0.25, 0.3) is 17.2 Å². The van der Waals surface area contributed by atoms with Crippen molar-refractivity contribution in [1.82, 2.24) is 34.1 Å². The minimum atomic E-state index is -0.981. The van der Waals surface area contributed by atoms with Gasteiger partial charge in [0.2, 0.25) is 5.82 Å². The van der Waals surface area contributed by atoms with Crippen molar-refractivity contribution in [1.29, 1.82) is 0 Å². The van der Waals surface area contributed by atoms with E-state index in [0.717, 1.165) is 25.9 Å². The Morgan fingerprint density at radius 3 is 2.55 bits per heavy atom. The molecule has 3 aromatic heterocycles. The lowest BCUT2D eigenvalue weighted by Gasteiger charge is -2.41. The average molecular weight is 614 g/mol. The molecule has 3 aliphatic heterocycles. The topological polar surface area (TPSA) is 106 Å². The van der Waals surface area contributed by atoms with Gasteiger partial charge in [-0.3, -0.25) is 4.40 Å². The third-order valence-electron chi connectivity index (χ3n) is 9.15. The first-order valence-corrected chi connectivity index (χ1v) is 15.4. The van der Waals surface area contributed by atoms with Crippen LogP contribution < -0.4 is 9.80 Å². The summed E-state index contributed by atoms with van der Waals surface area (Å²) in [5.41, 5.74) is 0.961. The number of fused-ring (bicyclic) bond motifs is 1. The van der Waals surface area contributed by atoms with Gasteiger partial charge in [0.25, 0.3) is 0 Å². The van der Waals surface area contributed by atoms with Crippen molar-refractivity contribution in [2.24, 2.45) is 0 Å². The monoisotopic (exact) mass is 613 g/mol. The molecule has 3 saturated heterocycles. The number of ether oxygens (including phenoxy) is 1. The molecule has 0 spiro atoms. The van der Waals surface area contributed by atoms with Crippen molar-refractivity contribution in [2.45, 2.75) is 37.8 Å². The van der Waals surface area contributed by atoms with E-state index >= 15 is 4.39 Å². The maximum atomic E-state index is 16.7. The predicted octanol–water partition coefficient (Wildman–Crippen LogP) is 2.88. The van der Waals surface area contributed by atoms with Crippen LogP contribution in [-0.2, 0) is 4.74 Å². The summed E-state index contributed by atoms with van der Waals surface area (Å²) < 4.78 is 38.1. The molecular formula is C30H41F2N9O3. The number of hydrogen-bond acceptors (Lipinski definition) is 9. The molecule has 14 heteroatoms. The molecule has 3 aliphatic rings. The fraction of sp³-hybridized carbons (Fsp3) is 0.600. The van der Waals surface area contributed by atoms with E-state index in [0.29, 0.717) is 76.2 Å². The predicted molar refractivity (Wildman–Crippen MR) is 162 cm³/mol. The fourth-order valence-electron chi connectivity index (χ4n) is 6.59. The largest absolute Gasteiger partial charge is 0.465 e. The van der Waals surface area contributed by atoms with Crippen LogP contribution in [0.3, 0.4) is 0 Å². The number of likely N-dealkylation sites (tertiary alicyclic amines) is 2. The molecule has 0 unspecified atom stereocenters. The molecule has 1 N–H and O–H groups in total. The maximum Gasteiger partial charge on any atom is 0.407 e. The quantitative estimate of drug-likeness (QED) is 0.408. The first-order valence-electron chi connectivity index (χ1n) is 15.4. The smallest absolute Gasteiger partial charge is 0.407 e. The van der Waals surface area contributed by atoms with Gasteiger partial charge in [0.1, 0.15) is 17.2 Å². The summed E-state index contributed by atoms with van der Waals surface area (Å²) in [5.74, 6) is -0.480. The minimum absolute atomic E-state index is 0.128. The Labute approximate surface area is 255 Å². The molecule has 0 aromatic carbocycles. The van der Waals surface area contributed by atoms with Crippen LogP contribution in [0.2, 0.25) is 0 Å². The van der Waals surface area contributed by atoms with E-state index in [2.05, 4.69) is 33.9 Å². The highest BCUT2D eigenvalue weighted by Crippen LogP contribution is 2.33. The maximum absolute atomic E-state index is 16.7. The van der Waals surface area contributed by atoms with Gasteiger partial charge in [0.05, 0.1) is 19.4 Å². The number of amides is 1. The second kappa shape index (κ2) is 13.2. The number of anilines is 2. The number of imidazole rings is 1. The van der Waals surface area contributed by atoms with E-state index < -0.39 is 17.7 Å². The van der Waals surface area contributed by atoms with Gasteiger partial charge in [0, 0.05) is 57.5 Å². The molecule has 12 nitrogen and oxygen atoms in total. The van der Waals surface area contributed by atoms with Gasteiger partial charge >= 0.3 is 6.09 Å². The molecule has 0 bridgehead atoms. The molecular weight excluding hydrogens is 572 g/mol. The highest BCUT2D eigenvalue weighted by atomic mass is 19.1. The number of piperidine rings is 2. The molecule has 0 aliphatic carbocycles. The summed E-state index contributed by atoms with van der Waals surface area (Å²) in [4.78, 5) is 35.7. The second-order valence-corrected chi connectivity index (χ2v) is 12.1. The number of morpholine rings is 1. The Hall–Kier alpha value is -3.62. The molecule has 6 rings (SSSR count). The Balaban J connectivity index is 1.40. The third-order valence-corrected chi connectivity index (χ3v) is 9.15. The van der Waals surface area contributed by atoms with E-state index in [4.69, 9.17) is 9.72 Å². The minimum Gasteiger partial charge on any atom is -0.465 e. The highest BCUT2D eigenvalue weighted by molar-refractivity contribution is 5.66. The number of rotatable bonds is 8. The van der Waals surface area contributed by atoms with Crippen molar-refractivity contribution in [2.75, 3.05) is 89.5 Å². The zero-order valence-corrected chi connectivity index (χ0v) is 25.4. The Morgan fingerprint density at radius 2 is 1.82 bits per heavy atom. The van der Waals surface area contributed by atoms with Crippen molar-refractivity contribution < 1.29 is 23.4 Å². The summed E-state index contributed by atoms with van der Waals surface area (Å²) >= 11 is 0. The number of hydrogen-bond donors (Lipinski definition) is 1. The van der Waals surface area contributed by atoms with E-state index in [-0.39, 0.29) is 30.0 Å². The number of nitrogens with zero attached hydrogens (tertiary/aromatic N) is 9. The summed E-state index contributed by atoms with van der Waals surface area (Å²) in [7, 11) is 4.22. The number of carbonyl (C=O) groups is 1. The number of halogens is 2. The molecule has 238 valence electrons. The molecule has 0 saturated carbocycles. The normalized spacial score (nSPS) is 20.5. The zero-order chi connectivity index (χ0) is 30.8. The molecule has 1 atom stereocenters. The molecule has 3 aromatic rings. The second-order valence-electron chi connectivity index (χ2n) is 12.1. The standard InChI is InChI=1S/C30H41F2N9O3/c1-36(2)22-7-10-37(11-8-22)12-13-40(23-4-3-9-39(20-23)30(42)43)29-26(32)28(38-14-16-44-17-15-38)34-27(35-29)24-18-33-25-6-5-21(31)19-41(24)25/h5-6,18-19,22-23H,3-4,7-17,20H2,1-2H3,(H,42,43)/t23-/m1/s1. The van der Waals surface area contributed by atoms with Crippen LogP contribution in [-0.4, -0.2) is 137 Å². The van der Waals surface area contributed by atoms with Crippen molar-refractivity contribution in [3.63, 3.8) is 0 Å². The van der Waals surface area contributed by atoms with Crippen molar-refractivity contribution >= 4 is 23.4 Å². The summed E-state index contributed by atoms with van der Waals surface area (Å²) in [6.07, 6.45) is 5.40. The SMILES string of the molecule is CN(C)C1CCN(CCN(c2nc(-c3cnc4ccc(F)cn34)nc(N3CCOCC3)c2F)[C@@H]2CCCN(C(=O)O)C2)CC1. The van der Waals surface area contributed by atoms with Gasteiger partial charge in [-0.25, -0.2) is 24.1 Å². The number of aromatic nitrogens is 4. The summed E-state index contributed by atoms with van der Waals surface area (Å²) in [6, 6.07) is 3.18. The molecule has 44 heavy (non-hydrogen) atoms. The van der Waals surface area contributed by atoms with Crippen LogP contribution >= 0.6 is 0 Å². The van der Waals surface area contributed by atoms with Crippen LogP contribution in [0.5, 0.6) is 0 Å². The Morgan fingerprint density at radius 1 is 1.05 bits per heavy atom. The van der Waals surface area contributed by atoms with Crippen molar-refractivity contribution in [3.8, 4) is 11.5 Å². The molecule has 0 radical (unpaired) electrons. The van der Waals surface area contributed by atoms with E-state index in [1.165, 1.54) is 17.2 Å². The molecule has 6 heterocycles. The van der Waals surface area contributed by atoms with Crippen LogP contribution in [0.4, 0.5) is 25.2 Å². The lowest BCUT2D eigenvalue weighted by Crippen LogP contribution is -2.52. The first-order chi connectivity index (χ1) is 21.3. The van der Waals surface area contributed by atoms with Crippen molar-refractivity contribution in [3.05, 3.63) is 36.2 Å². The first kappa shape index (κ1) is 30.4. The van der Waals surface area contributed by atoms with E-state index in [9.17, 15) is 14.3 Å². The Bertz CT molecular complexity index is 1460. The van der Waals surface area contributed by atoms with Gasteiger partial charge < -0.3 is 34.3 Å². The van der Waals surface area contributed by atoms with Crippen LogP contribution in [0.15, 0.2) is 24.5 Å². The molecule has 3 fully saturated rings. The number of carboxylic acid groups (broad SMARTS) is 1. The van der Waals surface area contributed by atoms with Gasteiger partial charge in [-0.2, -0.15) is 4.39 Å². The van der Waals surface area contributed by atoms with Crippen LogP contribution in [0, 0.1) is 11.6 Å². The van der Waals surface area contributed by atoms with E-state index in [1.807, 2.05) is 9.80 Å². The van der Waals surface area contributed by atoms with Gasteiger partial charge in [-0.15, -0.1) is 0 Å². The fourth-order valence-corrected chi connectivity index (χ4v) is 6.59. The zero-order valence-electron chi connectivity index (χ0n) is 25.4. The lowest BCUT2D eigenvalue weighted by atomic mass is 10.0. The highest BCUT2D eigenvalue weighted by Gasteiger charge is 2.34. The number of pyridine rings is 1. The average Bonchev–Trinajstić information content (AvgIpc) is 3.45. The van der Waals surface area contributed by atoms with E-state index in [1.54, 1.807) is 16.7 Å². The van der Waals surface area contributed by atoms with Crippen LogP contribution in [0.1, 0.15) is 25.7 Å². The Kier molecular flexibility index (Phi) is 9.10. The van der Waals surface area contributed by atoms with Gasteiger partial charge in [-0.05, 0) is 65.0 Å². The summed E-state index contributed by atoms with van der Waals surface area (Å²) in [6.45, 7) is 5.55. The van der Waals surface area contributed by atoms with Gasteiger partial charge in [0.15, 0.2) is 17.5 Å². The third kappa shape index (κ3) is 6.42. The molecule has 1 amide bonds.